The molecule has 1 aromatic heterocycles. The number of hydrogen-bond acceptors (Lipinski definition) is 3. The van der Waals surface area contributed by atoms with Crippen LogP contribution >= 0.6 is 0 Å². The largest absolute Gasteiger partial charge is 0.350 e. The summed E-state index contributed by atoms with van der Waals surface area (Å²) in [4.78, 5) is 40.3. The van der Waals surface area contributed by atoms with Gasteiger partial charge in [0.2, 0.25) is 5.43 Å². The fourth-order valence-electron chi connectivity index (χ4n) is 2.97. The first kappa shape index (κ1) is 20.9. The molecule has 0 aromatic carbocycles. The molecule has 1 aliphatic rings. The Kier molecular flexibility index (Phi) is 7.39. The molecule has 1 atom stereocenters. The van der Waals surface area contributed by atoms with Gasteiger partial charge in [0.15, 0.2) is 0 Å². The van der Waals surface area contributed by atoms with Gasteiger partial charge in [-0.1, -0.05) is 19.9 Å². The molecule has 6 heteroatoms. The average molecular weight is 373 g/mol. The third kappa shape index (κ3) is 5.31. The quantitative estimate of drug-likeness (QED) is 0.641. The minimum Gasteiger partial charge on any atom is -0.350 e. The standard InChI is InChI=1S/C21H31N3O3/c1-5-10-22-20(26)17-13-24(15(4)7-3)14-18(19(17)25)21(27)23(11-6-2)12-16-8-9-16/h5,13-16H,1,6-12H2,2-4H3,(H,22,26)/t15-/m1/s1. The van der Waals surface area contributed by atoms with E-state index in [-0.39, 0.29) is 29.6 Å². The van der Waals surface area contributed by atoms with E-state index in [9.17, 15) is 14.4 Å². The van der Waals surface area contributed by atoms with E-state index in [0.29, 0.717) is 19.0 Å². The van der Waals surface area contributed by atoms with Crippen molar-refractivity contribution in [1.29, 1.82) is 0 Å². The highest BCUT2D eigenvalue weighted by atomic mass is 16.2. The molecule has 2 amide bonds. The first-order valence-electron chi connectivity index (χ1n) is 9.86. The molecule has 1 aromatic rings. The van der Waals surface area contributed by atoms with Crippen LogP contribution in [0.3, 0.4) is 0 Å². The van der Waals surface area contributed by atoms with Crippen molar-refractivity contribution in [1.82, 2.24) is 14.8 Å². The molecular formula is C21H31N3O3. The predicted octanol–water partition coefficient (Wildman–Crippen LogP) is 3.00. The Morgan fingerprint density at radius 3 is 2.56 bits per heavy atom. The van der Waals surface area contributed by atoms with Crippen molar-refractivity contribution in [3.05, 3.63) is 46.4 Å². The number of carbonyl (C=O) groups is 2. The minimum absolute atomic E-state index is 0.00544. The Hall–Kier alpha value is -2.37. The number of nitrogens with one attached hydrogen (secondary N) is 1. The molecule has 1 aliphatic carbocycles. The number of hydrogen-bond donors (Lipinski definition) is 1. The molecule has 0 bridgehead atoms. The second kappa shape index (κ2) is 9.53. The molecule has 148 valence electrons. The summed E-state index contributed by atoms with van der Waals surface area (Å²) in [6.45, 7) is 11.2. The molecule has 0 spiro atoms. The molecule has 1 N–H and O–H groups in total. The lowest BCUT2D eigenvalue weighted by molar-refractivity contribution is 0.0745. The second-order valence-electron chi connectivity index (χ2n) is 7.31. The monoisotopic (exact) mass is 373 g/mol. The van der Waals surface area contributed by atoms with Crippen LogP contribution in [0.2, 0.25) is 0 Å². The van der Waals surface area contributed by atoms with E-state index < -0.39 is 11.3 Å². The van der Waals surface area contributed by atoms with E-state index in [0.717, 1.165) is 25.7 Å². The summed E-state index contributed by atoms with van der Waals surface area (Å²) in [7, 11) is 0. The Morgan fingerprint density at radius 1 is 1.33 bits per heavy atom. The van der Waals surface area contributed by atoms with Gasteiger partial charge in [0.05, 0.1) is 0 Å². The van der Waals surface area contributed by atoms with Gasteiger partial charge in [-0.25, -0.2) is 0 Å². The van der Waals surface area contributed by atoms with E-state index >= 15 is 0 Å². The summed E-state index contributed by atoms with van der Waals surface area (Å²) < 4.78 is 1.80. The zero-order chi connectivity index (χ0) is 20.0. The fourth-order valence-corrected chi connectivity index (χ4v) is 2.97. The van der Waals surface area contributed by atoms with Crippen LogP contribution in [0.15, 0.2) is 29.8 Å². The maximum Gasteiger partial charge on any atom is 0.259 e. The fraction of sp³-hybridized carbons (Fsp3) is 0.571. The van der Waals surface area contributed by atoms with E-state index in [4.69, 9.17) is 0 Å². The van der Waals surface area contributed by atoms with Crippen LogP contribution in [0.1, 0.15) is 73.2 Å². The van der Waals surface area contributed by atoms with Crippen molar-refractivity contribution in [2.75, 3.05) is 19.6 Å². The summed E-state index contributed by atoms with van der Waals surface area (Å²) in [5.74, 6) is -0.212. The lowest BCUT2D eigenvalue weighted by atomic mass is 10.1. The summed E-state index contributed by atoms with van der Waals surface area (Å²) >= 11 is 0. The van der Waals surface area contributed by atoms with Gasteiger partial charge in [-0.2, -0.15) is 0 Å². The lowest BCUT2D eigenvalue weighted by Gasteiger charge is -2.23. The summed E-state index contributed by atoms with van der Waals surface area (Å²) in [6, 6.07) is 0.0751. The number of carbonyl (C=O) groups excluding carboxylic acids is 2. The Labute approximate surface area is 161 Å². The molecule has 1 heterocycles. The second-order valence-corrected chi connectivity index (χ2v) is 7.31. The number of rotatable bonds is 10. The minimum atomic E-state index is -0.502. The van der Waals surface area contributed by atoms with Gasteiger partial charge in [-0.05, 0) is 38.5 Å². The average Bonchev–Trinajstić information content (AvgIpc) is 3.48. The smallest absolute Gasteiger partial charge is 0.259 e. The number of nitrogens with zero attached hydrogens (tertiary/aromatic N) is 2. The van der Waals surface area contributed by atoms with Gasteiger partial charge in [0.25, 0.3) is 11.8 Å². The first-order chi connectivity index (χ1) is 12.9. The van der Waals surface area contributed by atoms with Gasteiger partial charge >= 0.3 is 0 Å². The van der Waals surface area contributed by atoms with E-state index in [1.165, 1.54) is 0 Å². The molecule has 6 nitrogen and oxygen atoms in total. The van der Waals surface area contributed by atoms with E-state index in [2.05, 4.69) is 11.9 Å². The molecule has 0 aliphatic heterocycles. The van der Waals surface area contributed by atoms with Gasteiger partial charge in [-0.3, -0.25) is 14.4 Å². The third-order valence-corrected chi connectivity index (χ3v) is 4.98. The first-order valence-corrected chi connectivity index (χ1v) is 9.86. The number of pyridine rings is 1. The number of aromatic nitrogens is 1. The van der Waals surface area contributed by atoms with Crippen molar-refractivity contribution >= 4 is 11.8 Å². The Bertz CT molecular complexity index is 750. The molecule has 2 rings (SSSR count). The maximum atomic E-state index is 13.1. The SMILES string of the molecule is C=CCNC(=O)c1cn([C@H](C)CC)cc(C(=O)N(CCC)CC2CC2)c1=O. The highest BCUT2D eigenvalue weighted by Crippen LogP contribution is 2.30. The van der Waals surface area contributed by atoms with Gasteiger partial charge in [0, 0.05) is 38.1 Å². The molecule has 27 heavy (non-hydrogen) atoms. The molecule has 0 unspecified atom stereocenters. The lowest BCUT2D eigenvalue weighted by Crippen LogP contribution is -2.39. The van der Waals surface area contributed by atoms with E-state index in [1.54, 1.807) is 27.9 Å². The Morgan fingerprint density at radius 2 is 2.00 bits per heavy atom. The van der Waals surface area contributed by atoms with Gasteiger partial charge in [0.1, 0.15) is 11.1 Å². The Balaban J connectivity index is 2.45. The third-order valence-electron chi connectivity index (χ3n) is 4.98. The zero-order valence-electron chi connectivity index (χ0n) is 16.7. The van der Waals surface area contributed by atoms with Crippen LogP contribution in [-0.4, -0.2) is 40.9 Å². The van der Waals surface area contributed by atoms with Crippen LogP contribution in [0.5, 0.6) is 0 Å². The molecule has 1 fully saturated rings. The van der Waals surface area contributed by atoms with Crippen LogP contribution in [0.25, 0.3) is 0 Å². The van der Waals surface area contributed by atoms with Crippen LogP contribution in [0, 0.1) is 5.92 Å². The predicted molar refractivity (Wildman–Crippen MR) is 107 cm³/mol. The summed E-state index contributed by atoms with van der Waals surface area (Å²) in [5, 5.41) is 2.64. The van der Waals surface area contributed by atoms with Crippen molar-refractivity contribution in [2.45, 2.75) is 52.5 Å². The maximum absolute atomic E-state index is 13.1. The van der Waals surface area contributed by atoms with Gasteiger partial charge in [-0.15, -0.1) is 6.58 Å². The van der Waals surface area contributed by atoms with E-state index in [1.807, 2.05) is 20.8 Å². The zero-order valence-corrected chi connectivity index (χ0v) is 16.7. The van der Waals surface area contributed by atoms with Crippen molar-refractivity contribution < 1.29 is 9.59 Å². The molecule has 0 radical (unpaired) electrons. The number of amides is 2. The normalized spacial score (nSPS) is 14.5. The molecule has 1 saturated carbocycles. The van der Waals surface area contributed by atoms with Crippen molar-refractivity contribution in [3.63, 3.8) is 0 Å². The van der Waals surface area contributed by atoms with Crippen LogP contribution in [0.4, 0.5) is 0 Å². The molecule has 0 saturated heterocycles. The van der Waals surface area contributed by atoms with Crippen LogP contribution < -0.4 is 10.7 Å². The highest BCUT2D eigenvalue weighted by molar-refractivity contribution is 5.99. The van der Waals surface area contributed by atoms with Gasteiger partial charge < -0.3 is 14.8 Å². The topological polar surface area (TPSA) is 71.4 Å². The van der Waals surface area contributed by atoms with Crippen molar-refractivity contribution in [3.8, 4) is 0 Å². The summed E-state index contributed by atoms with van der Waals surface area (Å²) in [5.41, 5.74) is -0.417. The van der Waals surface area contributed by atoms with Crippen LogP contribution in [-0.2, 0) is 0 Å². The molecular weight excluding hydrogens is 342 g/mol. The highest BCUT2D eigenvalue weighted by Gasteiger charge is 2.29. The summed E-state index contributed by atoms with van der Waals surface area (Å²) in [6.07, 6.45) is 8.64. The van der Waals surface area contributed by atoms with Crippen molar-refractivity contribution in [2.24, 2.45) is 5.92 Å².